The lowest BCUT2D eigenvalue weighted by atomic mass is 9.43. The highest BCUT2D eigenvalue weighted by Crippen LogP contribution is 2.74. The molecule has 34 heavy (non-hydrogen) atoms. The van der Waals surface area contributed by atoms with Gasteiger partial charge in [-0.15, -0.1) is 0 Å². The Morgan fingerprint density at radius 1 is 1.24 bits per heavy atom. The van der Waals surface area contributed by atoms with Gasteiger partial charge in [0.25, 0.3) is 0 Å². The van der Waals surface area contributed by atoms with Crippen molar-refractivity contribution in [1.82, 2.24) is 0 Å². The Balaban J connectivity index is 1.85. The number of halogens is 3. The molecular formula is C25H31F3O5S. The molecule has 5 nitrogen and oxygen atoms in total. The zero-order chi connectivity index (χ0) is 25.3. The normalized spacial score (nSPS) is 47.4. The molecule has 2 N–H and O–H groups in total. The summed E-state index contributed by atoms with van der Waals surface area (Å²) in [5.74, 6) is -3.43. The summed E-state index contributed by atoms with van der Waals surface area (Å²) in [6.07, 6.45) is 0.0622. The van der Waals surface area contributed by atoms with Crippen LogP contribution in [0.3, 0.4) is 0 Å². The number of fused-ring (bicyclic) bond motifs is 5. The summed E-state index contributed by atoms with van der Waals surface area (Å²) in [4.78, 5) is 36.8. The van der Waals surface area contributed by atoms with Crippen LogP contribution in [0.2, 0.25) is 0 Å². The van der Waals surface area contributed by atoms with E-state index in [1.165, 1.54) is 19.1 Å². The third-order valence-electron chi connectivity index (χ3n) is 9.77. The SMILES string of the molecule is C[C@@H]1C[C@H]2[C@@H]3C[C@H](F)C4=CC(=O)C=C[C@]4(C)C3(F)[C@@H](O)C[C@]2(C)[C@@]1(CCC(=O)O)C(=O)SCF. The number of alkyl halides is 3. The minimum atomic E-state index is -2.28. The van der Waals surface area contributed by atoms with Crippen LogP contribution in [0.15, 0.2) is 23.8 Å². The van der Waals surface area contributed by atoms with Crippen molar-refractivity contribution in [3.63, 3.8) is 0 Å². The van der Waals surface area contributed by atoms with E-state index in [0.717, 1.165) is 6.08 Å². The van der Waals surface area contributed by atoms with Crippen LogP contribution in [0.25, 0.3) is 0 Å². The van der Waals surface area contributed by atoms with Crippen molar-refractivity contribution < 1.29 is 37.8 Å². The van der Waals surface area contributed by atoms with Gasteiger partial charge in [-0.3, -0.25) is 14.4 Å². The fourth-order valence-corrected chi connectivity index (χ4v) is 9.09. The number of aliphatic hydroxyl groups excluding tert-OH is 1. The molecule has 9 atom stereocenters. The number of ketones is 1. The number of aliphatic carboxylic acids is 1. The smallest absolute Gasteiger partial charge is 0.303 e. The molecule has 0 aliphatic heterocycles. The van der Waals surface area contributed by atoms with Crippen LogP contribution in [-0.2, 0) is 14.4 Å². The predicted octanol–water partition coefficient (Wildman–Crippen LogP) is 4.59. The second kappa shape index (κ2) is 8.22. The lowest BCUT2D eigenvalue weighted by molar-refractivity contribution is -0.211. The summed E-state index contributed by atoms with van der Waals surface area (Å²) in [5, 5.41) is 20.3. The van der Waals surface area contributed by atoms with E-state index in [-0.39, 0.29) is 31.3 Å². The van der Waals surface area contributed by atoms with Gasteiger partial charge in [-0.1, -0.05) is 31.7 Å². The first-order valence-corrected chi connectivity index (χ1v) is 12.7. The molecule has 4 aliphatic carbocycles. The quantitative estimate of drug-likeness (QED) is 0.574. The Labute approximate surface area is 201 Å². The molecule has 0 amide bonds. The Hall–Kier alpha value is -1.61. The van der Waals surface area contributed by atoms with Crippen molar-refractivity contribution in [1.29, 1.82) is 0 Å². The van der Waals surface area contributed by atoms with Crippen molar-refractivity contribution in [2.75, 3.05) is 6.01 Å². The first-order chi connectivity index (χ1) is 15.8. The van der Waals surface area contributed by atoms with Gasteiger partial charge in [0.05, 0.1) is 6.10 Å². The summed E-state index contributed by atoms with van der Waals surface area (Å²) in [6, 6.07) is -0.974. The number of allylic oxidation sites excluding steroid dienone is 4. The number of rotatable bonds is 5. The highest BCUT2D eigenvalue weighted by molar-refractivity contribution is 8.13. The van der Waals surface area contributed by atoms with Crippen LogP contribution >= 0.6 is 11.8 Å². The summed E-state index contributed by atoms with van der Waals surface area (Å²) in [5.41, 5.74) is -6.13. The Morgan fingerprint density at radius 3 is 2.53 bits per heavy atom. The molecule has 0 heterocycles. The maximum absolute atomic E-state index is 17.2. The van der Waals surface area contributed by atoms with E-state index in [1.807, 2.05) is 0 Å². The van der Waals surface area contributed by atoms with Crippen LogP contribution in [0, 0.1) is 34.0 Å². The zero-order valence-corrected chi connectivity index (χ0v) is 20.3. The highest BCUT2D eigenvalue weighted by Gasteiger charge is 2.76. The van der Waals surface area contributed by atoms with Gasteiger partial charge >= 0.3 is 5.97 Å². The summed E-state index contributed by atoms with van der Waals surface area (Å²) < 4.78 is 46.0. The lowest BCUT2D eigenvalue weighted by Crippen LogP contribution is -2.69. The third kappa shape index (κ3) is 3.08. The number of aliphatic hydroxyl groups is 1. The molecule has 4 rings (SSSR count). The van der Waals surface area contributed by atoms with Crippen molar-refractivity contribution >= 4 is 28.6 Å². The van der Waals surface area contributed by atoms with Gasteiger partial charge in [0.2, 0.25) is 0 Å². The molecule has 4 aliphatic rings. The van der Waals surface area contributed by atoms with Crippen LogP contribution < -0.4 is 0 Å². The van der Waals surface area contributed by atoms with Gasteiger partial charge in [0.15, 0.2) is 16.6 Å². The van der Waals surface area contributed by atoms with Crippen molar-refractivity contribution in [2.45, 2.75) is 70.8 Å². The van der Waals surface area contributed by atoms with Gasteiger partial charge in [0.1, 0.15) is 12.2 Å². The molecule has 9 heteroatoms. The van der Waals surface area contributed by atoms with Crippen LogP contribution in [-0.4, -0.2) is 51.0 Å². The Bertz CT molecular complexity index is 984. The molecule has 1 unspecified atom stereocenters. The summed E-state index contributed by atoms with van der Waals surface area (Å²) in [7, 11) is 0. The average Bonchev–Trinajstić information content (AvgIpc) is 2.97. The number of carbonyl (C=O) groups is 3. The van der Waals surface area contributed by atoms with E-state index < -0.39 is 74.8 Å². The minimum Gasteiger partial charge on any atom is -0.481 e. The second-order valence-corrected chi connectivity index (χ2v) is 11.8. The van der Waals surface area contributed by atoms with Gasteiger partial charge in [-0.25, -0.2) is 13.2 Å². The van der Waals surface area contributed by atoms with Gasteiger partial charge in [0, 0.05) is 23.2 Å². The number of carbonyl (C=O) groups excluding carboxylic acids is 2. The van der Waals surface area contributed by atoms with Gasteiger partial charge in [-0.05, 0) is 67.6 Å². The monoisotopic (exact) mass is 500 g/mol. The fraction of sp³-hybridized carbons (Fsp3) is 0.720. The molecule has 0 radical (unpaired) electrons. The van der Waals surface area contributed by atoms with E-state index >= 15 is 8.78 Å². The van der Waals surface area contributed by atoms with Crippen LogP contribution in [0.5, 0.6) is 0 Å². The van der Waals surface area contributed by atoms with Crippen LogP contribution in [0.1, 0.15) is 52.9 Å². The number of hydrogen-bond acceptors (Lipinski definition) is 5. The van der Waals surface area contributed by atoms with E-state index in [4.69, 9.17) is 0 Å². The average molecular weight is 501 g/mol. The van der Waals surface area contributed by atoms with E-state index in [2.05, 4.69) is 0 Å². The van der Waals surface area contributed by atoms with Crippen molar-refractivity contribution in [3.05, 3.63) is 23.8 Å². The number of thioether (sulfide) groups is 1. The van der Waals surface area contributed by atoms with Crippen LogP contribution in [0.4, 0.5) is 13.2 Å². The van der Waals surface area contributed by atoms with Gasteiger partial charge < -0.3 is 10.2 Å². The summed E-state index contributed by atoms with van der Waals surface area (Å²) >= 11 is 0.479. The first kappa shape index (κ1) is 25.5. The van der Waals surface area contributed by atoms with E-state index in [1.54, 1.807) is 13.8 Å². The lowest BCUT2D eigenvalue weighted by Gasteiger charge is -2.63. The Kier molecular flexibility index (Phi) is 6.16. The number of carboxylic acid groups (broad SMARTS) is 1. The standard InChI is InChI=1S/C25H31F3O5S/c1-13-8-15-16-10-18(27)17-9-14(29)4-6-22(17,2)25(16,28)19(30)11-23(15,3)24(13,7-5-20(31)32)21(33)34-12-26/h4,6,9,13,15-16,18-19,30H,5,7-8,10-12H2,1-3H3,(H,31,32)/t13-,15+,16+,18+,19+,22+,23+,24-,25?/m1/s1. The number of hydrogen-bond donors (Lipinski definition) is 2. The first-order valence-electron chi connectivity index (χ1n) is 11.7. The Morgan fingerprint density at radius 2 is 1.91 bits per heavy atom. The third-order valence-corrected chi connectivity index (χ3v) is 10.5. The molecule has 0 aromatic heterocycles. The maximum Gasteiger partial charge on any atom is 0.303 e. The second-order valence-electron chi connectivity index (χ2n) is 10.9. The summed E-state index contributed by atoms with van der Waals surface area (Å²) in [6.45, 7) is 5.05. The molecule has 0 saturated heterocycles. The zero-order valence-electron chi connectivity index (χ0n) is 19.5. The predicted molar refractivity (Wildman–Crippen MR) is 121 cm³/mol. The highest BCUT2D eigenvalue weighted by atomic mass is 32.2. The topological polar surface area (TPSA) is 91.7 Å². The maximum atomic E-state index is 17.2. The minimum absolute atomic E-state index is 0.0219. The molecule has 188 valence electrons. The molecule has 0 bridgehead atoms. The van der Waals surface area contributed by atoms with Gasteiger partial charge in [-0.2, -0.15) is 0 Å². The fourth-order valence-electron chi connectivity index (χ4n) is 8.20. The molecule has 3 fully saturated rings. The van der Waals surface area contributed by atoms with E-state index in [9.17, 15) is 29.0 Å². The molecular weight excluding hydrogens is 469 g/mol. The molecule has 3 saturated carbocycles. The number of carboxylic acids is 1. The molecule has 0 aromatic rings. The largest absolute Gasteiger partial charge is 0.481 e. The van der Waals surface area contributed by atoms with Crippen molar-refractivity contribution in [2.24, 2.45) is 34.0 Å². The molecule has 0 spiro atoms. The van der Waals surface area contributed by atoms with E-state index in [0.29, 0.717) is 18.2 Å². The molecule has 0 aromatic carbocycles. The van der Waals surface area contributed by atoms with Crippen molar-refractivity contribution in [3.8, 4) is 0 Å².